The standard InChI is InChI=1S/C22H23F3O2/c1-14-2-7-19-18(14)8-9-20(22(23,24)25)21(19)16-3-5-17(6-4-16)27-13-15-10-11-26-12-15/h3-6,8-9,14-15H,2,7,10-13H2,1H3/t14-,15-/m1/s1. The number of rotatable bonds is 4. The minimum absolute atomic E-state index is 0.303. The van der Waals surface area contributed by atoms with Crippen LogP contribution in [-0.4, -0.2) is 19.8 Å². The lowest BCUT2D eigenvalue weighted by Crippen LogP contribution is -2.11. The van der Waals surface area contributed by atoms with Crippen LogP contribution < -0.4 is 4.74 Å². The predicted octanol–water partition coefficient (Wildman–Crippen LogP) is 5.84. The minimum Gasteiger partial charge on any atom is -0.493 e. The molecule has 1 saturated heterocycles. The first-order valence-corrected chi connectivity index (χ1v) is 9.47. The van der Waals surface area contributed by atoms with E-state index in [-0.39, 0.29) is 0 Å². The van der Waals surface area contributed by atoms with Crippen LogP contribution in [0.2, 0.25) is 0 Å². The summed E-state index contributed by atoms with van der Waals surface area (Å²) in [7, 11) is 0. The van der Waals surface area contributed by atoms with Crippen molar-refractivity contribution in [2.45, 2.75) is 38.3 Å². The molecule has 0 spiro atoms. The van der Waals surface area contributed by atoms with Gasteiger partial charge in [-0.05, 0) is 65.6 Å². The van der Waals surface area contributed by atoms with E-state index in [9.17, 15) is 13.2 Å². The van der Waals surface area contributed by atoms with Crippen LogP contribution in [-0.2, 0) is 17.3 Å². The molecule has 4 rings (SSSR count). The summed E-state index contributed by atoms with van der Waals surface area (Å²) in [5, 5.41) is 0. The smallest absolute Gasteiger partial charge is 0.417 e. The SMILES string of the molecule is C[C@@H]1CCc2c1ccc(C(F)(F)F)c2-c1ccc(OC[C@@H]2CCOC2)cc1. The molecule has 1 heterocycles. The minimum atomic E-state index is -4.37. The Hall–Kier alpha value is -2.01. The van der Waals surface area contributed by atoms with E-state index in [4.69, 9.17) is 9.47 Å². The predicted molar refractivity (Wildman–Crippen MR) is 98.0 cm³/mol. The summed E-state index contributed by atoms with van der Waals surface area (Å²) in [6.45, 7) is 4.13. The van der Waals surface area contributed by atoms with Gasteiger partial charge in [0, 0.05) is 12.5 Å². The fourth-order valence-electron chi connectivity index (χ4n) is 4.12. The van der Waals surface area contributed by atoms with Crippen molar-refractivity contribution in [3.8, 4) is 16.9 Å². The van der Waals surface area contributed by atoms with Crippen LogP contribution in [0.1, 0.15) is 42.4 Å². The molecule has 2 atom stereocenters. The third-order valence-electron chi connectivity index (χ3n) is 5.67. The zero-order valence-electron chi connectivity index (χ0n) is 15.3. The van der Waals surface area contributed by atoms with Crippen molar-refractivity contribution in [1.82, 2.24) is 0 Å². The summed E-state index contributed by atoms with van der Waals surface area (Å²) < 4.78 is 52.0. The third-order valence-corrected chi connectivity index (χ3v) is 5.67. The van der Waals surface area contributed by atoms with Crippen molar-refractivity contribution in [1.29, 1.82) is 0 Å². The van der Waals surface area contributed by atoms with Gasteiger partial charge in [-0.25, -0.2) is 0 Å². The van der Waals surface area contributed by atoms with E-state index in [1.165, 1.54) is 6.07 Å². The lowest BCUT2D eigenvalue weighted by molar-refractivity contribution is -0.137. The summed E-state index contributed by atoms with van der Waals surface area (Å²) >= 11 is 0. The normalized spacial score (nSPS) is 22.1. The third kappa shape index (κ3) is 3.70. The zero-order chi connectivity index (χ0) is 19.0. The Morgan fingerprint density at radius 2 is 1.85 bits per heavy atom. The molecule has 0 unspecified atom stereocenters. The van der Waals surface area contributed by atoms with Crippen molar-refractivity contribution in [3.05, 3.63) is 53.1 Å². The molecule has 0 saturated carbocycles. The van der Waals surface area contributed by atoms with Crippen LogP contribution in [0.4, 0.5) is 13.2 Å². The fourth-order valence-corrected chi connectivity index (χ4v) is 4.12. The highest BCUT2D eigenvalue weighted by molar-refractivity contribution is 5.74. The summed E-state index contributed by atoms with van der Waals surface area (Å²) in [5.74, 6) is 1.37. The molecule has 5 heteroatoms. The summed E-state index contributed by atoms with van der Waals surface area (Å²) in [6, 6.07) is 9.91. The van der Waals surface area contributed by atoms with E-state index in [2.05, 4.69) is 6.92 Å². The highest BCUT2D eigenvalue weighted by Gasteiger charge is 2.36. The van der Waals surface area contributed by atoms with E-state index < -0.39 is 11.7 Å². The van der Waals surface area contributed by atoms with E-state index >= 15 is 0 Å². The number of ether oxygens (including phenoxy) is 2. The number of fused-ring (bicyclic) bond motifs is 1. The molecule has 1 fully saturated rings. The summed E-state index contributed by atoms with van der Waals surface area (Å²) in [5.41, 5.74) is 2.27. The Kier molecular flexibility index (Phi) is 4.89. The molecule has 0 bridgehead atoms. The Labute approximate surface area is 157 Å². The average molecular weight is 376 g/mol. The molecular formula is C22H23F3O2. The van der Waals surface area contributed by atoms with Gasteiger partial charge in [0.15, 0.2) is 0 Å². The second-order valence-electron chi connectivity index (χ2n) is 7.56. The molecule has 2 aromatic carbocycles. The Morgan fingerprint density at radius 3 is 2.52 bits per heavy atom. The van der Waals surface area contributed by atoms with Crippen molar-refractivity contribution in [2.75, 3.05) is 19.8 Å². The second-order valence-corrected chi connectivity index (χ2v) is 7.56. The van der Waals surface area contributed by atoms with E-state index in [1.54, 1.807) is 30.3 Å². The van der Waals surface area contributed by atoms with Crippen molar-refractivity contribution < 1.29 is 22.6 Å². The first-order valence-electron chi connectivity index (χ1n) is 9.47. The van der Waals surface area contributed by atoms with Gasteiger partial charge in [0.2, 0.25) is 0 Å². The maximum absolute atomic E-state index is 13.6. The van der Waals surface area contributed by atoms with Crippen LogP contribution in [0, 0.1) is 5.92 Å². The number of benzene rings is 2. The fraction of sp³-hybridized carbons (Fsp3) is 0.455. The van der Waals surface area contributed by atoms with Gasteiger partial charge in [-0.3, -0.25) is 0 Å². The van der Waals surface area contributed by atoms with Gasteiger partial charge in [0.25, 0.3) is 0 Å². The molecule has 0 N–H and O–H groups in total. The van der Waals surface area contributed by atoms with Crippen molar-refractivity contribution >= 4 is 0 Å². The van der Waals surface area contributed by atoms with Crippen molar-refractivity contribution in [3.63, 3.8) is 0 Å². The van der Waals surface area contributed by atoms with Crippen LogP contribution in [0.15, 0.2) is 36.4 Å². The molecule has 1 aliphatic heterocycles. The monoisotopic (exact) mass is 376 g/mol. The van der Waals surface area contributed by atoms with Crippen LogP contribution in [0.5, 0.6) is 5.75 Å². The lowest BCUT2D eigenvalue weighted by atomic mass is 9.90. The van der Waals surface area contributed by atoms with E-state index in [0.717, 1.165) is 30.6 Å². The molecular weight excluding hydrogens is 353 g/mol. The van der Waals surface area contributed by atoms with Crippen LogP contribution >= 0.6 is 0 Å². The number of halogens is 3. The average Bonchev–Trinajstić information content (AvgIpc) is 3.29. The Morgan fingerprint density at radius 1 is 1.07 bits per heavy atom. The highest BCUT2D eigenvalue weighted by Crippen LogP contribution is 2.45. The maximum atomic E-state index is 13.6. The Bertz CT molecular complexity index is 806. The quantitative estimate of drug-likeness (QED) is 0.668. The molecule has 0 radical (unpaired) electrons. The van der Waals surface area contributed by atoms with E-state index in [0.29, 0.717) is 48.3 Å². The van der Waals surface area contributed by atoms with Gasteiger partial charge in [-0.2, -0.15) is 13.2 Å². The molecule has 144 valence electrons. The Balaban J connectivity index is 1.64. The second kappa shape index (κ2) is 7.19. The van der Waals surface area contributed by atoms with Crippen molar-refractivity contribution in [2.24, 2.45) is 5.92 Å². The topological polar surface area (TPSA) is 18.5 Å². The summed E-state index contributed by atoms with van der Waals surface area (Å²) in [4.78, 5) is 0. The summed E-state index contributed by atoms with van der Waals surface area (Å²) in [6.07, 6.45) is -1.79. The molecule has 0 aromatic heterocycles. The zero-order valence-corrected chi connectivity index (χ0v) is 15.3. The number of alkyl halides is 3. The maximum Gasteiger partial charge on any atom is 0.417 e. The van der Waals surface area contributed by atoms with Gasteiger partial charge in [0.1, 0.15) is 5.75 Å². The number of hydrogen-bond acceptors (Lipinski definition) is 2. The molecule has 2 aromatic rings. The molecule has 27 heavy (non-hydrogen) atoms. The van der Waals surface area contributed by atoms with E-state index in [1.807, 2.05) is 0 Å². The highest BCUT2D eigenvalue weighted by atomic mass is 19.4. The first-order chi connectivity index (χ1) is 12.9. The molecule has 1 aliphatic carbocycles. The van der Waals surface area contributed by atoms with Gasteiger partial charge in [-0.1, -0.05) is 25.1 Å². The van der Waals surface area contributed by atoms with Gasteiger partial charge >= 0.3 is 6.18 Å². The van der Waals surface area contributed by atoms with Crippen LogP contribution in [0.25, 0.3) is 11.1 Å². The number of hydrogen-bond donors (Lipinski definition) is 0. The van der Waals surface area contributed by atoms with Gasteiger partial charge < -0.3 is 9.47 Å². The molecule has 0 amide bonds. The molecule has 2 nitrogen and oxygen atoms in total. The van der Waals surface area contributed by atoms with Crippen LogP contribution in [0.3, 0.4) is 0 Å². The first kappa shape index (κ1) is 18.4. The largest absolute Gasteiger partial charge is 0.493 e. The lowest BCUT2D eigenvalue weighted by Gasteiger charge is -2.18. The van der Waals surface area contributed by atoms with Gasteiger partial charge in [-0.15, -0.1) is 0 Å². The molecule has 2 aliphatic rings. The van der Waals surface area contributed by atoms with Gasteiger partial charge in [0.05, 0.1) is 18.8 Å².